The molecule has 3 atom stereocenters. The van der Waals surface area contributed by atoms with Crippen molar-refractivity contribution in [3.8, 4) is 11.4 Å². The van der Waals surface area contributed by atoms with Crippen molar-refractivity contribution in [2.75, 3.05) is 5.75 Å². The molecule has 1 N–H and O–H groups in total. The molecule has 1 aromatic carbocycles. The first-order chi connectivity index (χ1) is 13.9. The largest absolute Gasteiger partial charge is 0.352 e. The van der Waals surface area contributed by atoms with Crippen molar-refractivity contribution < 1.29 is 9.18 Å². The van der Waals surface area contributed by atoms with Crippen LogP contribution in [-0.2, 0) is 11.3 Å². The van der Waals surface area contributed by atoms with Gasteiger partial charge in [0.2, 0.25) is 5.91 Å². The maximum Gasteiger partial charge on any atom is 0.230 e. The van der Waals surface area contributed by atoms with Gasteiger partial charge in [0, 0.05) is 12.6 Å². The predicted molar refractivity (Wildman–Crippen MR) is 115 cm³/mol. The third kappa shape index (κ3) is 5.38. The van der Waals surface area contributed by atoms with Crippen molar-refractivity contribution in [2.24, 2.45) is 17.8 Å². The molecule has 29 heavy (non-hydrogen) atoms. The highest BCUT2D eigenvalue weighted by Gasteiger charge is 2.28. The first kappa shape index (κ1) is 21.8. The van der Waals surface area contributed by atoms with Crippen LogP contribution in [0.25, 0.3) is 11.4 Å². The van der Waals surface area contributed by atoms with Crippen LogP contribution in [0.2, 0.25) is 0 Å². The van der Waals surface area contributed by atoms with Crippen LogP contribution in [0, 0.1) is 23.6 Å². The standard InChI is InChI=1S/C22H31FN4OS/c1-14(2)12-27-21(17-9-5-6-10-18(17)23)25-26-22(27)29-13-20(28)24-19-11-7-8-15(3)16(19)4/h5-6,9-10,14-16,19H,7-8,11-13H2,1-4H3,(H,24,28)/t15-,16-,19+/m0/s1. The van der Waals surface area contributed by atoms with Crippen molar-refractivity contribution in [2.45, 2.75) is 64.7 Å². The normalized spacial score (nSPS) is 22.1. The Morgan fingerprint density at radius 1 is 1.28 bits per heavy atom. The van der Waals surface area contributed by atoms with E-state index in [0.717, 1.165) is 12.8 Å². The minimum Gasteiger partial charge on any atom is -0.352 e. The van der Waals surface area contributed by atoms with E-state index in [-0.39, 0.29) is 23.5 Å². The number of carbonyl (C=O) groups is 1. The summed E-state index contributed by atoms with van der Waals surface area (Å²) in [5, 5.41) is 12.3. The van der Waals surface area contributed by atoms with Crippen molar-refractivity contribution >= 4 is 17.7 Å². The lowest BCUT2D eigenvalue weighted by Gasteiger charge is -2.34. The summed E-state index contributed by atoms with van der Waals surface area (Å²) in [6, 6.07) is 6.84. The maximum atomic E-state index is 14.3. The van der Waals surface area contributed by atoms with Crippen molar-refractivity contribution in [3.63, 3.8) is 0 Å². The Labute approximate surface area is 176 Å². The summed E-state index contributed by atoms with van der Waals surface area (Å²) in [5.41, 5.74) is 0.432. The Morgan fingerprint density at radius 3 is 2.76 bits per heavy atom. The van der Waals surface area contributed by atoms with Crippen molar-refractivity contribution in [1.82, 2.24) is 20.1 Å². The summed E-state index contributed by atoms with van der Waals surface area (Å²) < 4.78 is 16.2. The summed E-state index contributed by atoms with van der Waals surface area (Å²) in [4.78, 5) is 12.6. The fourth-order valence-electron chi connectivity index (χ4n) is 3.93. The highest BCUT2D eigenvalue weighted by Crippen LogP contribution is 2.30. The average Bonchev–Trinajstić information content (AvgIpc) is 3.06. The first-order valence-corrected chi connectivity index (χ1v) is 11.5. The molecule has 1 amide bonds. The molecule has 0 bridgehead atoms. The van der Waals surface area contributed by atoms with Crippen LogP contribution in [-0.4, -0.2) is 32.5 Å². The summed E-state index contributed by atoms with van der Waals surface area (Å²) >= 11 is 1.36. The van der Waals surface area contributed by atoms with Gasteiger partial charge in [0.1, 0.15) is 5.82 Å². The van der Waals surface area contributed by atoms with E-state index in [1.165, 1.54) is 24.2 Å². The summed E-state index contributed by atoms with van der Waals surface area (Å²) in [7, 11) is 0. The van der Waals surface area contributed by atoms with E-state index in [4.69, 9.17) is 0 Å². The zero-order valence-electron chi connectivity index (χ0n) is 17.7. The number of benzene rings is 1. The molecule has 1 saturated carbocycles. The van der Waals surface area contributed by atoms with E-state index in [9.17, 15) is 9.18 Å². The minimum atomic E-state index is -0.320. The fraction of sp³-hybridized carbons (Fsp3) is 0.591. The van der Waals surface area contributed by atoms with E-state index >= 15 is 0 Å². The maximum absolute atomic E-state index is 14.3. The molecule has 5 nitrogen and oxygen atoms in total. The van der Waals surface area contributed by atoms with Crippen LogP contribution in [0.15, 0.2) is 29.4 Å². The molecular weight excluding hydrogens is 387 g/mol. The van der Waals surface area contributed by atoms with Gasteiger partial charge in [0.15, 0.2) is 11.0 Å². The van der Waals surface area contributed by atoms with Crippen molar-refractivity contribution in [3.05, 3.63) is 30.1 Å². The molecule has 0 spiro atoms. The molecule has 0 aliphatic heterocycles. The van der Waals surface area contributed by atoms with E-state index in [1.54, 1.807) is 18.2 Å². The van der Waals surface area contributed by atoms with Crippen LogP contribution < -0.4 is 5.32 Å². The Kier molecular flexibility index (Phi) is 7.33. The molecule has 0 radical (unpaired) electrons. The van der Waals surface area contributed by atoms with E-state index in [0.29, 0.717) is 40.8 Å². The van der Waals surface area contributed by atoms with Gasteiger partial charge >= 0.3 is 0 Å². The summed E-state index contributed by atoms with van der Waals surface area (Å²) in [6.07, 6.45) is 3.45. The SMILES string of the molecule is CC(C)Cn1c(SCC(=O)N[C@@H]2CCC[C@H](C)[C@@H]2C)nnc1-c1ccccc1F. The van der Waals surface area contributed by atoms with Gasteiger partial charge in [-0.2, -0.15) is 0 Å². The second kappa shape index (κ2) is 9.74. The molecule has 0 unspecified atom stereocenters. The molecule has 2 aromatic rings. The van der Waals surface area contributed by atoms with Gasteiger partial charge in [-0.1, -0.05) is 64.4 Å². The lowest BCUT2D eigenvalue weighted by molar-refractivity contribution is -0.120. The molecule has 0 saturated heterocycles. The lowest BCUT2D eigenvalue weighted by Crippen LogP contribution is -2.44. The van der Waals surface area contributed by atoms with Crippen LogP contribution in [0.1, 0.15) is 47.0 Å². The fourth-order valence-corrected chi connectivity index (χ4v) is 4.69. The Bertz CT molecular complexity index is 838. The monoisotopic (exact) mass is 418 g/mol. The Morgan fingerprint density at radius 2 is 2.03 bits per heavy atom. The molecule has 1 heterocycles. The molecule has 1 aromatic heterocycles. The van der Waals surface area contributed by atoms with Crippen LogP contribution in [0.4, 0.5) is 4.39 Å². The van der Waals surface area contributed by atoms with E-state index in [1.807, 2.05) is 4.57 Å². The minimum absolute atomic E-state index is 0.0208. The van der Waals surface area contributed by atoms with E-state index < -0.39 is 0 Å². The van der Waals surface area contributed by atoms with Gasteiger partial charge in [-0.15, -0.1) is 10.2 Å². The molecular formula is C22H31FN4OS. The second-order valence-electron chi connectivity index (χ2n) is 8.52. The van der Waals surface area contributed by atoms with Crippen LogP contribution in [0.5, 0.6) is 0 Å². The molecule has 1 aliphatic rings. The highest BCUT2D eigenvalue weighted by atomic mass is 32.2. The number of hydrogen-bond donors (Lipinski definition) is 1. The molecule has 1 fully saturated rings. The highest BCUT2D eigenvalue weighted by molar-refractivity contribution is 7.99. The zero-order valence-corrected chi connectivity index (χ0v) is 18.5. The molecule has 7 heteroatoms. The quantitative estimate of drug-likeness (QED) is 0.658. The second-order valence-corrected chi connectivity index (χ2v) is 9.46. The smallest absolute Gasteiger partial charge is 0.230 e. The number of thioether (sulfide) groups is 1. The molecule has 1 aliphatic carbocycles. The number of hydrogen-bond acceptors (Lipinski definition) is 4. The van der Waals surface area contributed by atoms with Gasteiger partial charge in [0.25, 0.3) is 0 Å². The Hall–Kier alpha value is -1.89. The molecule has 158 valence electrons. The number of rotatable bonds is 7. The summed E-state index contributed by atoms with van der Waals surface area (Å²) in [6.45, 7) is 9.34. The van der Waals surface area contributed by atoms with Gasteiger partial charge < -0.3 is 9.88 Å². The number of nitrogens with zero attached hydrogens (tertiary/aromatic N) is 3. The van der Waals surface area contributed by atoms with Crippen LogP contribution in [0.3, 0.4) is 0 Å². The molecule has 3 rings (SSSR count). The average molecular weight is 419 g/mol. The van der Waals surface area contributed by atoms with Gasteiger partial charge in [-0.05, 0) is 36.3 Å². The zero-order chi connectivity index (χ0) is 21.0. The van der Waals surface area contributed by atoms with Crippen molar-refractivity contribution in [1.29, 1.82) is 0 Å². The number of aromatic nitrogens is 3. The topological polar surface area (TPSA) is 59.8 Å². The van der Waals surface area contributed by atoms with Gasteiger partial charge in [-0.25, -0.2) is 4.39 Å². The van der Waals surface area contributed by atoms with Gasteiger partial charge in [-0.3, -0.25) is 4.79 Å². The van der Waals surface area contributed by atoms with Gasteiger partial charge in [0.05, 0.1) is 11.3 Å². The first-order valence-electron chi connectivity index (χ1n) is 10.5. The van der Waals surface area contributed by atoms with Crippen LogP contribution >= 0.6 is 11.8 Å². The lowest BCUT2D eigenvalue weighted by atomic mass is 9.78. The predicted octanol–water partition coefficient (Wildman–Crippen LogP) is 4.77. The number of amides is 1. The number of carbonyl (C=O) groups excluding carboxylic acids is 1. The number of halogens is 1. The third-order valence-corrected chi connectivity index (χ3v) is 6.73. The summed E-state index contributed by atoms with van der Waals surface area (Å²) in [5.74, 6) is 1.97. The Balaban J connectivity index is 1.70. The van der Waals surface area contributed by atoms with E-state index in [2.05, 4.69) is 43.2 Å². The third-order valence-electron chi connectivity index (χ3n) is 5.76. The number of nitrogens with one attached hydrogen (secondary N) is 1.